The molecule has 1 aromatic rings. The van der Waals surface area contributed by atoms with E-state index in [4.69, 9.17) is 0 Å². The molecule has 0 saturated carbocycles. The van der Waals surface area contributed by atoms with Gasteiger partial charge in [0.25, 0.3) is 0 Å². The first kappa shape index (κ1) is 25.5. The Kier molecular flexibility index (Phi) is 8.39. The number of ketones is 1. The van der Waals surface area contributed by atoms with Gasteiger partial charge in [-0.1, -0.05) is 13.8 Å². The van der Waals surface area contributed by atoms with Crippen LogP contribution in [-0.2, 0) is 11.0 Å². The Hall–Kier alpha value is -2.13. The number of carbonyl (C=O) groups excluding carboxylic acids is 2. The number of Topliss-reactive ketones (excluding diaryl/α,β-unsaturated/α-hetero) is 1. The average Bonchev–Trinajstić information content (AvgIpc) is 2.80. The predicted octanol–water partition coefficient (Wildman–Crippen LogP) is 3.36. The van der Waals surface area contributed by atoms with Gasteiger partial charge in [0.05, 0.1) is 12.1 Å². The minimum Gasteiger partial charge on any atom is -0.368 e. The molecule has 184 valence electrons. The topological polar surface area (TPSA) is 47.1 Å². The van der Waals surface area contributed by atoms with Crippen LogP contribution >= 0.6 is 0 Å². The molecule has 2 aliphatic rings. The summed E-state index contributed by atoms with van der Waals surface area (Å²) in [5.41, 5.74) is -0.634. The van der Waals surface area contributed by atoms with Crippen LogP contribution in [0.2, 0.25) is 0 Å². The van der Waals surface area contributed by atoms with Crippen molar-refractivity contribution in [2.45, 2.75) is 45.8 Å². The van der Waals surface area contributed by atoms with E-state index in [-0.39, 0.29) is 17.2 Å². The van der Waals surface area contributed by atoms with E-state index in [2.05, 4.69) is 18.7 Å². The number of hydrogen-bond donors (Lipinski definition) is 0. The van der Waals surface area contributed by atoms with Crippen LogP contribution in [0.4, 0.5) is 18.9 Å². The van der Waals surface area contributed by atoms with Crippen molar-refractivity contribution in [2.24, 2.45) is 0 Å². The molecule has 2 aliphatic heterocycles. The Balaban J connectivity index is 1.54. The highest BCUT2D eigenvalue weighted by Crippen LogP contribution is 2.37. The largest absolute Gasteiger partial charge is 0.418 e. The zero-order valence-corrected chi connectivity index (χ0v) is 19.8. The van der Waals surface area contributed by atoms with Crippen LogP contribution < -0.4 is 4.90 Å². The van der Waals surface area contributed by atoms with Crippen molar-refractivity contribution in [1.82, 2.24) is 14.7 Å². The lowest BCUT2D eigenvalue weighted by atomic mass is 10.0. The quantitative estimate of drug-likeness (QED) is 0.575. The monoisotopic (exact) mass is 468 g/mol. The van der Waals surface area contributed by atoms with Gasteiger partial charge in [0.15, 0.2) is 5.78 Å². The van der Waals surface area contributed by atoms with E-state index in [9.17, 15) is 22.8 Å². The minimum absolute atomic E-state index is 0.0552. The normalized spacial score (nSPS) is 18.8. The number of rotatable bonds is 7. The Morgan fingerprint density at radius 3 is 2.06 bits per heavy atom. The molecular formula is C24H35F3N4O2. The summed E-state index contributed by atoms with van der Waals surface area (Å²) in [6.07, 6.45) is -2.31. The molecule has 0 unspecified atom stereocenters. The summed E-state index contributed by atoms with van der Waals surface area (Å²) >= 11 is 0. The van der Waals surface area contributed by atoms with Crippen molar-refractivity contribution in [2.75, 3.05) is 63.8 Å². The van der Waals surface area contributed by atoms with Crippen molar-refractivity contribution in [1.29, 1.82) is 0 Å². The molecular weight excluding hydrogens is 433 g/mol. The predicted molar refractivity (Wildman–Crippen MR) is 123 cm³/mol. The summed E-state index contributed by atoms with van der Waals surface area (Å²) in [5, 5.41) is 0. The maximum Gasteiger partial charge on any atom is 0.418 e. The standard InChI is InChI=1S/C24H35F3N4O2/c1-4-20(5-2)29-12-14-31(15-13-29)23(33)17-28-8-10-30(11-9-28)22-7-6-19(18(3)32)16-21(22)24(25,26)27/h6-7,16,20H,4-5,8-15,17H2,1-3H3. The molecule has 0 bridgehead atoms. The average molecular weight is 469 g/mol. The second-order valence-corrected chi connectivity index (χ2v) is 8.94. The lowest BCUT2D eigenvalue weighted by molar-refractivity contribution is -0.137. The smallest absolute Gasteiger partial charge is 0.368 e. The zero-order valence-electron chi connectivity index (χ0n) is 19.8. The molecule has 6 nitrogen and oxygen atoms in total. The van der Waals surface area contributed by atoms with Crippen LogP contribution in [-0.4, -0.2) is 91.3 Å². The number of alkyl halides is 3. The maximum atomic E-state index is 13.6. The number of amides is 1. The molecule has 0 atom stereocenters. The first-order valence-electron chi connectivity index (χ1n) is 11.8. The van der Waals surface area contributed by atoms with Gasteiger partial charge < -0.3 is 9.80 Å². The third kappa shape index (κ3) is 6.26. The highest BCUT2D eigenvalue weighted by molar-refractivity contribution is 5.94. The fourth-order valence-corrected chi connectivity index (χ4v) is 4.84. The summed E-state index contributed by atoms with van der Waals surface area (Å²) in [4.78, 5) is 32.4. The van der Waals surface area contributed by atoms with Crippen LogP contribution in [0.1, 0.15) is 49.5 Å². The van der Waals surface area contributed by atoms with Crippen molar-refractivity contribution in [3.8, 4) is 0 Å². The van der Waals surface area contributed by atoms with Crippen LogP contribution in [0.15, 0.2) is 18.2 Å². The number of halogens is 3. The molecule has 33 heavy (non-hydrogen) atoms. The molecule has 0 aromatic heterocycles. The van der Waals surface area contributed by atoms with Crippen LogP contribution in [0.3, 0.4) is 0 Å². The van der Waals surface area contributed by atoms with Gasteiger partial charge in [-0.15, -0.1) is 0 Å². The Labute approximate surface area is 194 Å². The summed E-state index contributed by atoms with van der Waals surface area (Å²) in [5.74, 6) is -0.300. The lowest BCUT2D eigenvalue weighted by Gasteiger charge is -2.40. The Morgan fingerprint density at radius 1 is 0.939 bits per heavy atom. The number of nitrogens with zero attached hydrogens (tertiary/aromatic N) is 4. The van der Waals surface area contributed by atoms with Gasteiger partial charge in [0.2, 0.25) is 5.91 Å². The molecule has 1 amide bonds. The summed E-state index contributed by atoms with van der Waals surface area (Å²) in [7, 11) is 0. The van der Waals surface area contributed by atoms with E-state index in [1.807, 2.05) is 9.80 Å². The first-order valence-corrected chi connectivity index (χ1v) is 11.8. The number of piperazine rings is 2. The molecule has 2 fully saturated rings. The molecule has 2 heterocycles. The van der Waals surface area contributed by atoms with Gasteiger partial charge in [-0.05, 0) is 38.0 Å². The van der Waals surface area contributed by atoms with Gasteiger partial charge in [0.1, 0.15) is 0 Å². The Bertz CT molecular complexity index is 825. The van der Waals surface area contributed by atoms with E-state index in [1.165, 1.54) is 19.1 Å². The van der Waals surface area contributed by atoms with Crippen LogP contribution in [0.25, 0.3) is 0 Å². The molecule has 2 saturated heterocycles. The second kappa shape index (κ2) is 10.9. The molecule has 0 aliphatic carbocycles. The van der Waals surface area contributed by atoms with E-state index >= 15 is 0 Å². The SMILES string of the molecule is CCC(CC)N1CCN(C(=O)CN2CCN(c3ccc(C(C)=O)cc3C(F)(F)F)CC2)CC1. The third-order valence-corrected chi connectivity index (χ3v) is 6.91. The number of carbonyl (C=O) groups is 2. The molecule has 0 N–H and O–H groups in total. The van der Waals surface area contributed by atoms with Gasteiger partial charge in [-0.3, -0.25) is 19.4 Å². The maximum absolute atomic E-state index is 13.6. The summed E-state index contributed by atoms with van der Waals surface area (Å²) in [6.45, 7) is 11.0. The van der Waals surface area contributed by atoms with E-state index < -0.39 is 17.5 Å². The molecule has 3 rings (SSSR count). The van der Waals surface area contributed by atoms with Crippen molar-refractivity contribution in [3.05, 3.63) is 29.3 Å². The van der Waals surface area contributed by atoms with E-state index in [1.54, 1.807) is 4.90 Å². The van der Waals surface area contributed by atoms with E-state index in [0.717, 1.165) is 45.1 Å². The first-order chi connectivity index (χ1) is 15.6. The van der Waals surface area contributed by atoms with Crippen molar-refractivity contribution < 1.29 is 22.8 Å². The summed E-state index contributed by atoms with van der Waals surface area (Å²) < 4.78 is 40.9. The van der Waals surface area contributed by atoms with Crippen molar-refractivity contribution >= 4 is 17.4 Å². The van der Waals surface area contributed by atoms with Gasteiger partial charge >= 0.3 is 6.18 Å². The third-order valence-electron chi connectivity index (χ3n) is 6.91. The fraction of sp³-hybridized carbons (Fsp3) is 0.667. The minimum atomic E-state index is -4.54. The van der Waals surface area contributed by atoms with Gasteiger partial charge in [-0.2, -0.15) is 13.2 Å². The number of hydrogen-bond acceptors (Lipinski definition) is 5. The summed E-state index contributed by atoms with van der Waals surface area (Å²) in [6, 6.07) is 4.35. The van der Waals surface area contributed by atoms with Crippen LogP contribution in [0, 0.1) is 0 Å². The van der Waals surface area contributed by atoms with E-state index in [0.29, 0.717) is 38.8 Å². The second-order valence-electron chi connectivity index (χ2n) is 8.94. The number of benzene rings is 1. The molecule has 0 radical (unpaired) electrons. The molecule has 9 heteroatoms. The van der Waals surface area contributed by atoms with Crippen molar-refractivity contribution in [3.63, 3.8) is 0 Å². The number of anilines is 1. The fourth-order valence-electron chi connectivity index (χ4n) is 4.84. The highest BCUT2D eigenvalue weighted by Gasteiger charge is 2.36. The van der Waals surface area contributed by atoms with Gasteiger partial charge in [0, 0.05) is 69.7 Å². The lowest BCUT2D eigenvalue weighted by Crippen LogP contribution is -2.55. The van der Waals surface area contributed by atoms with Gasteiger partial charge in [-0.25, -0.2) is 0 Å². The molecule has 0 spiro atoms. The molecule has 1 aromatic carbocycles. The zero-order chi connectivity index (χ0) is 24.2. The Morgan fingerprint density at radius 2 is 1.55 bits per heavy atom. The van der Waals surface area contributed by atoms with Crippen LogP contribution in [0.5, 0.6) is 0 Å². The highest BCUT2D eigenvalue weighted by atomic mass is 19.4.